The molecule has 0 unspecified atom stereocenters. The molecule has 108 valence electrons. The minimum atomic E-state index is 0.133. The van der Waals surface area contributed by atoms with Gasteiger partial charge in [0.15, 0.2) is 11.5 Å². The molecule has 0 aliphatic rings. The zero-order valence-electron chi connectivity index (χ0n) is 12.1. The van der Waals surface area contributed by atoms with E-state index in [0.29, 0.717) is 0 Å². The average Bonchev–Trinajstić information content (AvgIpc) is 2.93. The fourth-order valence-electron chi connectivity index (χ4n) is 1.90. The number of aromatic nitrogens is 2. The van der Waals surface area contributed by atoms with Crippen molar-refractivity contribution < 1.29 is 9.47 Å². The molecular weight excluding hydrogens is 254 g/mol. The summed E-state index contributed by atoms with van der Waals surface area (Å²) in [5.41, 5.74) is 2.22. The molecule has 0 aliphatic heterocycles. The highest BCUT2D eigenvalue weighted by Gasteiger charge is 2.07. The highest BCUT2D eigenvalue weighted by Crippen LogP contribution is 2.28. The molecule has 0 radical (unpaired) electrons. The zero-order chi connectivity index (χ0) is 14.4. The molecule has 20 heavy (non-hydrogen) atoms. The van der Waals surface area contributed by atoms with E-state index in [4.69, 9.17) is 9.47 Å². The van der Waals surface area contributed by atoms with E-state index in [9.17, 15) is 0 Å². The molecule has 5 nitrogen and oxygen atoms in total. The summed E-state index contributed by atoms with van der Waals surface area (Å²) in [4.78, 5) is 7.04. The summed E-state index contributed by atoms with van der Waals surface area (Å²) in [7, 11) is 1.66. The molecule has 0 bridgehead atoms. The van der Waals surface area contributed by atoms with Gasteiger partial charge in [0, 0.05) is 25.0 Å². The van der Waals surface area contributed by atoms with Crippen LogP contribution in [0.2, 0.25) is 0 Å². The summed E-state index contributed by atoms with van der Waals surface area (Å²) < 4.78 is 11.1. The van der Waals surface area contributed by atoms with Crippen molar-refractivity contribution in [2.45, 2.75) is 33.0 Å². The minimum Gasteiger partial charge on any atom is -0.493 e. The van der Waals surface area contributed by atoms with Crippen LogP contribution in [0, 0.1) is 0 Å². The van der Waals surface area contributed by atoms with Crippen LogP contribution in [0.4, 0.5) is 0 Å². The number of hydrogen-bond donors (Lipinski definition) is 2. The first-order chi connectivity index (χ1) is 9.69. The third-order valence-corrected chi connectivity index (χ3v) is 2.79. The second kappa shape index (κ2) is 6.96. The van der Waals surface area contributed by atoms with Gasteiger partial charge in [-0.15, -0.1) is 0 Å². The molecule has 1 aromatic heterocycles. The zero-order valence-corrected chi connectivity index (χ0v) is 12.1. The van der Waals surface area contributed by atoms with Gasteiger partial charge < -0.3 is 19.8 Å². The molecule has 0 saturated heterocycles. The first-order valence-corrected chi connectivity index (χ1v) is 6.70. The molecule has 2 rings (SSSR count). The van der Waals surface area contributed by atoms with Crippen molar-refractivity contribution in [1.29, 1.82) is 0 Å². The van der Waals surface area contributed by atoms with Gasteiger partial charge >= 0.3 is 0 Å². The Hall–Kier alpha value is -2.01. The van der Waals surface area contributed by atoms with Crippen LogP contribution < -0.4 is 14.8 Å². The summed E-state index contributed by atoms with van der Waals surface area (Å²) in [6.45, 7) is 5.52. The third kappa shape index (κ3) is 3.99. The standard InChI is InChI=1S/C15H21N3O2/c1-11(2)20-14-5-4-12(6-15(14)19-3)7-16-8-13-9-17-10-18-13/h4-6,9-11,16H,7-8H2,1-3H3,(H,17,18). The molecular formula is C15H21N3O2. The van der Waals surface area contributed by atoms with Gasteiger partial charge in [0.1, 0.15) is 0 Å². The van der Waals surface area contributed by atoms with Gasteiger partial charge in [0.2, 0.25) is 0 Å². The van der Waals surface area contributed by atoms with Gasteiger partial charge in [0.05, 0.1) is 19.5 Å². The van der Waals surface area contributed by atoms with Crippen LogP contribution in [-0.2, 0) is 13.1 Å². The lowest BCUT2D eigenvalue weighted by atomic mass is 10.2. The monoisotopic (exact) mass is 275 g/mol. The summed E-state index contributed by atoms with van der Waals surface area (Å²) in [5.74, 6) is 1.54. The second-order valence-corrected chi connectivity index (χ2v) is 4.83. The van der Waals surface area contributed by atoms with Crippen LogP contribution in [0.25, 0.3) is 0 Å². The predicted molar refractivity (Wildman–Crippen MR) is 77.9 cm³/mol. The molecule has 1 heterocycles. The van der Waals surface area contributed by atoms with Crippen LogP contribution >= 0.6 is 0 Å². The van der Waals surface area contributed by atoms with Crippen LogP contribution in [0.15, 0.2) is 30.7 Å². The first-order valence-electron chi connectivity index (χ1n) is 6.70. The molecule has 1 aromatic carbocycles. The highest BCUT2D eigenvalue weighted by molar-refractivity contribution is 5.43. The predicted octanol–water partition coefficient (Wildman–Crippen LogP) is 2.50. The Bertz CT molecular complexity index is 524. The maximum Gasteiger partial charge on any atom is 0.161 e. The van der Waals surface area contributed by atoms with Crippen molar-refractivity contribution in [2.75, 3.05) is 7.11 Å². The quantitative estimate of drug-likeness (QED) is 0.815. The summed E-state index contributed by atoms with van der Waals surface area (Å²) in [5, 5.41) is 3.35. The molecule has 0 aliphatic carbocycles. The molecule has 0 atom stereocenters. The van der Waals surface area contributed by atoms with Gasteiger partial charge in [-0.2, -0.15) is 0 Å². The normalized spacial score (nSPS) is 10.8. The SMILES string of the molecule is COc1cc(CNCc2cnc[nH]2)ccc1OC(C)C. The Morgan fingerprint density at radius 3 is 2.75 bits per heavy atom. The Morgan fingerprint density at radius 2 is 2.10 bits per heavy atom. The van der Waals surface area contributed by atoms with Crippen LogP contribution in [0.1, 0.15) is 25.1 Å². The number of rotatable bonds is 7. The van der Waals surface area contributed by atoms with Gasteiger partial charge in [-0.3, -0.25) is 0 Å². The number of benzene rings is 1. The summed E-state index contributed by atoms with van der Waals surface area (Å²) in [6.07, 6.45) is 3.62. The number of aromatic amines is 1. The van der Waals surface area contributed by atoms with Crippen LogP contribution in [0.5, 0.6) is 11.5 Å². The van der Waals surface area contributed by atoms with Gasteiger partial charge in [-0.05, 0) is 31.5 Å². The molecule has 2 N–H and O–H groups in total. The molecule has 2 aromatic rings. The van der Waals surface area contributed by atoms with Crippen molar-refractivity contribution in [2.24, 2.45) is 0 Å². The summed E-state index contributed by atoms with van der Waals surface area (Å²) >= 11 is 0. The number of H-pyrrole nitrogens is 1. The molecule has 0 fully saturated rings. The fourth-order valence-corrected chi connectivity index (χ4v) is 1.90. The van der Waals surface area contributed by atoms with E-state index < -0.39 is 0 Å². The van der Waals surface area contributed by atoms with Crippen LogP contribution in [0.3, 0.4) is 0 Å². The molecule has 5 heteroatoms. The van der Waals surface area contributed by atoms with Crippen molar-refractivity contribution in [3.8, 4) is 11.5 Å². The topological polar surface area (TPSA) is 59.2 Å². The lowest BCUT2D eigenvalue weighted by Crippen LogP contribution is -2.13. The van der Waals surface area contributed by atoms with E-state index in [1.807, 2.05) is 38.2 Å². The smallest absolute Gasteiger partial charge is 0.161 e. The largest absolute Gasteiger partial charge is 0.493 e. The van der Waals surface area contributed by atoms with E-state index >= 15 is 0 Å². The average molecular weight is 275 g/mol. The van der Waals surface area contributed by atoms with Crippen molar-refractivity contribution in [3.63, 3.8) is 0 Å². The Labute approximate surface area is 119 Å². The number of methoxy groups -OCH3 is 1. The van der Waals surface area contributed by atoms with E-state index in [1.54, 1.807) is 13.4 Å². The Kier molecular flexibility index (Phi) is 5.01. The summed E-state index contributed by atoms with van der Waals surface area (Å²) in [6, 6.07) is 5.99. The first kappa shape index (κ1) is 14.4. The van der Waals surface area contributed by atoms with Crippen LogP contribution in [-0.4, -0.2) is 23.2 Å². The molecule has 0 saturated carbocycles. The van der Waals surface area contributed by atoms with Crippen molar-refractivity contribution in [3.05, 3.63) is 42.0 Å². The van der Waals surface area contributed by atoms with E-state index in [2.05, 4.69) is 15.3 Å². The second-order valence-electron chi connectivity index (χ2n) is 4.83. The lowest BCUT2D eigenvalue weighted by Gasteiger charge is -2.14. The van der Waals surface area contributed by atoms with Crippen molar-refractivity contribution in [1.82, 2.24) is 15.3 Å². The number of ether oxygens (including phenoxy) is 2. The minimum absolute atomic E-state index is 0.133. The third-order valence-electron chi connectivity index (χ3n) is 2.79. The number of nitrogens with zero attached hydrogens (tertiary/aromatic N) is 1. The number of imidazole rings is 1. The highest BCUT2D eigenvalue weighted by atomic mass is 16.5. The maximum atomic E-state index is 5.70. The van der Waals surface area contributed by atoms with Crippen molar-refractivity contribution >= 4 is 0 Å². The maximum absolute atomic E-state index is 5.70. The number of nitrogens with one attached hydrogen (secondary N) is 2. The van der Waals surface area contributed by atoms with E-state index in [1.165, 1.54) is 0 Å². The fraction of sp³-hybridized carbons (Fsp3) is 0.400. The lowest BCUT2D eigenvalue weighted by molar-refractivity contribution is 0.230. The Morgan fingerprint density at radius 1 is 1.25 bits per heavy atom. The molecule has 0 spiro atoms. The van der Waals surface area contributed by atoms with E-state index in [0.717, 1.165) is 35.8 Å². The van der Waals surface area contributed by atoms with Gasteiger partial charge in [-0.25, -0.2) is 4.98 Å². The van der Waals surface area contributed by atoms with Gasteiger partial charge in [-0.1, -0.05) is 6.07 Å². The van der Waals surface area contributed by atoms with E-state index in [-0.39, 0.29) is 6.10 Å². The van der Waals surface area contributed by atoms with Gasteiger partial charge in [0.25, 0.3) is 0 Å². The Balaban J connectivity index is 1.94. The number of hydrogen-bond acceptors (Lipinski definition) is 4. The molecule has 0 amide bonds.